The average Bonchev–Trinajstić information content (AvgIpc) is 2.43. The third kappa shape index (κ3) is 7.55. The SMILES string of the molecule is CCO[Si](CC(COC(N)=O)C(C)N(C)C)(OCC)OCC. The molecule has 0 rings (SSSR count). The maximum atomic E-state index is 10.9. The Bertz CT molecular complexity index is 301. The molecule has 0 aliphatic heterocycles. The summed E-state index contributed by atoms with van der Waals surface area (Å²) in [5, 5.41) is 0. The smallest absolute Gasteiger partial charge is 0.449 e. The highest BCUT2D eigenvalue weighted by Crippen LogP contribution is 2.26. The zero-order chi connectivity index (χ0) is 17.2. The van der Waals surface area contributed by atoms with Crippen molar-refractivity contribution >= 4 is 14.9 Å². The highest BCUT2D eigenvalue weighted by Gasteiger charge is 2.44. The Labute approximate surface area is 135 Å². The van der Waals surface area contributed by atoms with Crippen molar-refractivity contribution in [3.63, 3.8) is 0 Å². The summed E-state index contributed by atoms with van der Waals surface area (Å²) in [5.74, 6) is 0.0128. The van der Waals surface area contributed by atoms with Gasteiger partial charge in [-0.2, -0.15) is 0 Å². The van der Waals surface area contributed by atoms with Gasteiger partial charge >= 0.3 is 14.9 Å². The summed E-state index contributed by atoms with van der Waals surface area (Å²) in [6.07, 6.45) is -0.771. The molecule has 0 fully saturated rings. The van der Waals surface area contributed by atoms with Crippen molar-refractivity contribution in [2.24, 2.45) is 11.7 Å². The number of nitrogens with two attached hydrogens (primary N) is 1. The first kappa shape index (κ1) is 21.3. The Morgan fingerprint density at radius 1 is 1.09 bits per heavy atom. The van der Waals surface area contributed by atoms with Crippen LogP contribution in [-0.4, -0.2) is 66.4 Å². The molecule has 2 N–H and O–H groups in total. The molecule has 22 heavy (non-hydrogen) atoms. The van der Waals surface area contributed by atoms with Crippen molar-refractivity contribution in [2.45, 2.75) is 39.8 Å². The molecule has 0 saturated carbocycles. The van der Waals surface area contributed by atoms with Crippen molar-refractivity contribution < 1.29 is 22.8 Å². The molecule has 7 nitrogen and oxygen atoms in total. The Hall–Kier alpha value is -0.673. The number of ether oxygens (including phenoxy) is 1. The monoisotopic (exact) mass is 336 g/mol. The topological polar surface area (TPSA) is 83.3 Å². The van der Waals surface area contributed by atoms with Gasteiger partial charge in [-0.1, -0.05) is 0 Å². The van der Waals surface area contributed by atoms with Crippen molar-refractivity contribution in [2.75, 3.05) is 40.5 Å². The minimum Gasteiger partial charge on any atom is -0.449 e. The Morgan fingerprint density at radius 2 is 1.55 bits per heavy atom. The van der Waals surface area contributed by atoms with Crippen molar-refractivity contribution in [3.05, 3.63) is 0 Å². The van der Waals surface area contributed by atoms with Crippen LogP contribution in [0, 0.1) is 5.92 Å². The molecular weight excluding hydrogens is 304 g/mol. The molecule has 0 aromatic rings. The third-order valence-electron chi connectivity index (χ3n) is 3.54. The first-order valence-electron chi connectivity index (χ1n) is 7.82. The quantitative estimate of drug-likeness (QED) is 0.546. The molecule has 0 saturated heterocycles. The highest BCUT2D eigenvalue weighted by molar-refractivity contribution is 6.60. The number of rotatable bonds is 12. The molecule has 0 spiro atoms. The van der Waals surface area contributed by atoms with Crippen LogP contribution < -0.4 is 5.73 Å². The van der Waals surface area contributed by atoms with E-state index < -0.39 is 14.9 Å². The molecule has 0 aliphatic rings. The molecule has 1 amide bonds. The standard InChI is InChI=1S/C14H32N2O5Si/c1-7-19-22(20-8-2,21-9-3)11-13(10-18-14(15)17)12(4)16(5)6/h12-13H,7-11H2,1-6H3,(H2,15,17). The molecule has 132 valence electrons. The van der Waals surface area contributed by atoms with E-state index in [1.807, 2.05) is 34.9 Å². The lowest BCUT2D eigenvalue weighted by Gasteiger charge is -2.35. The van der Waals surface area contributed by atoms with Gasteiger partial charge in [-0.05, 0) is 41.8 Å². The van der Waals surface area contributed by atoms with E-state index >= 15 is 0 Å². The van der Waals surface area contributed by atoms with E-state index in [4.69, 9.17) is 23.7 Å². The van der Waals surface area contributed by atoms with Gasteiger partial charge in [-0.15, -0.1) is 0 Å². The van der Waals surface area contributed by atoms with Gasteiger partial charge in [0.05, 0.1) is 6.61 Å². The molecule has 0 radical (unpaired) electrons. The van der Waals surface area contributed by atoms with E-state index in [2.05, 4.69) is 11.8 Å². The molecule has 0 heterocycles. The van der Waals surface area contributed by atoms with Gasteiger partial charge in [0.25, 0.3) is 0 Å². The van der Waals surface area contributed by atoms with Crippen LogP contribution in [0.25, 0.3) is 0 Å². The number of hydrogen-bond donors (Lipinski definition) is 1. The largest absolute Gasteiger partial charge is 0.501 e. The van der Waals surface area contributed by atoms with Crippen LogP contribution in [0.3, 0.4) is 0 Å². The molecule has 0 aromatic heterocycles. The minimum absolute atomic E-state index is 0.0128. The number of carbonyl (C=O) groups excluding carboxylic acids is 1. The predicted molar refractivity (Wildman–Crippen MR) is 87.6 cm³/mol. The lowest BCUT2D eigenvalue weighted by molar-refractivity contribution is 0.0521. The van der Waals surface area contributed by atoms with E-state index in [9.17, 15) is 4.79 Å². The van der Waals surface area contributed by atoms with Crippen molar-refractivity contribution in [1.82, 2.24) is 4.90 Å². The number of nitrogens with zero attached hydrogens (tertiary/aromatic N) is 1. The molecule has 2 unspecified atom stereocenters. The highest BCUT2D eigenvalue weighted by atomic mass is 28.4. The van der Waals surface area contributed by atoms with Crippen molar-refractivity contribution in [3.8, 4) is 0 Å². The summed E-state index contributed by atoms with van der Waals surface area (Å²) in [6.45, 7) is 9.61. The van der Waals surface area contributed by atoms with Crippen LogP contribution in [0.5, 0.6) is 0 Å². The van der Waals surface area contributed by atoms with E-state index in [1.165, 1.54) is 0 Å². The van der Waals surface area contributed by atoms with Gasteiger partial charge in [0.15, 0.2) is 0 Å². The van der Waals surface area contributed by atoms with Gasteiger partial charge in [0, 0.05) is 37.8 Å². The van der Waals surface area contributed by atoms with E-state index in [0.717, 1.165) is 0 Å². The van der Waals surface area contributed by atoms with Crippen LogP contribution in [0.15, 0.2) is 0 Å². The van der Waals surface area contributed by atoms with Crippen LogP contribution >= 0.6 is 0 Å². The van der Waals surface area contributed by atoms with Crippen LogP contribution in [0.2, 0.25) is 6.04 Å². The number of hydrogen-bond acceptors (Lipinski definition) is 6. The fraction of sp³-hybridized carbons (Fsp3) is 0.929. The van der Waals surface area contributed by atoms with Crippen molar-refractivity contribution in [1.29, 1.82) is 0 Å². The van der Waals surface area contributed by atoms with Crippen LogP contribution in [0.4, 0.5) is 4.79 Å². The molecular formula is C14H32N2O5Si. The second kappa shape index (κ2) is 11.0. The first-order chi connectivity index (χ1) is 10.3. The molecule has 0 aliphatic carbocycles. The zero-order valence-electron chi connectivity index (χ0n) is 14.8. The fourth-order valence-electron chi connectivity index (χ4n) is 2.26. The number of amides is 1. The maximum absolute atomic E-state index is 10.9. The molecule has 8 heteroatoms. The molecule has 0 bridgehead atoms. The summed E-state index contributed by atoms with van der Waals surface area (Å²) in [5.41, 5.74) is 5.10. The summed E-state index contributed by atoms with van der Waals surface area (Å²) in [4.78, 5) is 13.0. The summed E-state index contributed by atoms with van der Waals surface area (Å²) >= 11 is 0. The van der Waals surface area contributed by atoms with Gasteiger partial charge in [-0.3, -0.25) is 0 Å². The summed E-state index contributed by atoms with van der Waals surface area (Å²) in [7, 11) is 1.16. The van der Waals surface area contributed by atoms with Gasteiger partial charge in [-0.25, -0.2) is 4.79 Å². The lowest BCUT2D eigenvalue weighted by atomic mass is 10.0. The second-order valence-corrected chi connectivity index (χ2v) is 7.92. The lowest BCUT2D eigenvalue weighted by Crippen LogP contribution is -2.50. The molecule has 2 atom stereocenters. The Balaban J connectivity index is 5.16. The second-order valence-electron chi connectivity index (χ2n) is 5.28. The van der Waals surface area contributed by atoms with Crippen LogP contribution in [-0.2, 0) is 18.0 Å². The first-order valence-corrected chi connectivity index (χ1v) is 9.75. The number of carbonyl (C=O) groups is 1. The van der Waals surface area contributed by atoms with Gasteiger partial charge in [0.1, 0.15) is 0 Å². The molecule has 0 aromatic carbocycles. The normalized spacial score (nSPS) is 14.9. The van der Waals surface area contributed by atoms with Gasteiger partial charge < -0.3 is 28.6 Å². The van der Waals surface area contributed by atoms with E-state index in [-0.39, 0.29) is 18.6 Å². The van der Waals surface area contributed by atoms with E-state index in [1.54, 1.807) is 0 Å². The fourth-order valence-corrected chi connectivity index (χ4v) is 5.29. The predicted octanol–water partition coefficient (Wildman–Crippen LogP) is 1.70. The maximum Gasteiger partial charge on any atom is 0.501 e. The average molecular weight is 337 g/mol. The minimum atomic E-state index is -2.80. The summed E-state index contributed by atoms with van der Waals surface area (Å²) in [6, 6.07) is 0.738. The third-order valence-corrected chi connectivity index (χ3v) is 6.75. The Kier molecular flexibility index (Phi) is 10.6. The summed E-state index contributed by atoms with van der Waals surface area (Å²) < 4.78 is 22.7. The zero-order valence-corrected chi connectivity index (χ0v) is 15.8. The van der Waals surface area contributed by atoms with E-state index in [0.29, 0.717) is 25.9 Å². The number of primary amides is 1. The van der Waals surface area contributed by atoms with Gasteiger partial charge in [0.2, 0.25) is 0 Å². The van der Waals surface area contributed by atoms with Crippen LogP contribution in [0.1, 0.15) is 27.7 Å². The Morgan fingerprint density at radius 3 is 1.86 bits per heavy atom.